The molecule has 0 aliphatic heterocycles. The third-order valence-corrected chi connectivity index (χ3v) is 3.64. The minimum atomic E-state index is -4.70. The van der Waals surface area contributed by atoms with Crippen LogP contribution in [0.4, 0.5) is 17.6 Å². The predicted molar refractivity (Wildman–Crippen MR) is 89.5 cm³/mol. The highest BCUT2D eigenvalue weighted by atomic mass is 19.4. The third-order valence-electron chi connectivity index (χ3n) is 3.64. The summed E-state index contributed by atoms with van der Waals surface area (Å²) in [5, 5.41) is 0. The van der Waals surface area contributed by atoms with Crippen LogP contribution in [-0.4, -0.2) is 24.2 Å². The molecule has 0 spiro atoms. The molecule has 0 N–H and O–H groups in total. The maximum atomic E-state index is 13.4. The minimum Gasteiger partial charge on any atom is -0.369 e. The molecule has 0 atom stereocenters. The number of nitrogens with zero attached hydrogens (tertiary/aromatic N) is 2. The molecule has 1 aromatic rings. The molecule has 0 saturated carbocycles. The first-order valence-electron chi connectivity index (χ1n) is 8.02. The van der Waals surface area contributed by atoms with E-state index in [1.165, 1.54) is 6.07 Å². The number of halogens is 4. The topological polar surface area (TPSA) is 15.6 Å². The fourth-order valence-corrected chi connectivity index (χ4v) is 2.31. The van der Waals surface area contributed by atoms with E-state index in [1.54, 1.807) is 13.1 Å². The van der Waals surface area contributed by atoms with Crippen molar-refractivity contribution in [3.63, 3.8) is 0 Å². The van der Waals surface area contributed by atoms with Gasteiger partial charge in [-0.25, -0.2) is 4.39 Å². The fourth-order valence-electron chi connectivity index (χ4n) is 2.31. The van der Waals surface area contributed by atoms with Crippen molar-refractivity contribution in [2.75, 3.05) is 13.1 Å². The molecule has 0 radical (unpaired) electrons. The molecular weight excluding hydrogens is 320 g/mol. The smallest absolute Gasteiger partial charge is 0.369 e. The van der Waals surface area contributed by atoms with E-state index in [1.807, 2.05) is 4.90 Å². The summed E-state index contributed by atoms with van der Waals surface area (Å²) in [6.07, 6.45) is -0.0510. The molecule has 134 valence electrons. The summed E-state index contributed by atoms with van der Waals surface area (Å²) in [6, 6.07) is 3.13. The lowest BCUT2D eigenvalue weighted by atomic mass is 10.1. The zero-order valence-electron chi connectivity index (χ0n) is 14.2. The molecule has 1 aromatic carbocycles. The molecule has 0 fully saturated rings. The van der Waals surface area contributed by atoms with Crippen molar-refractivity contribution in [2.45, 2.75) is 45.8 Å². The van der Waals surface area contributed by atoms with Gasteiger partial charge in [-0.2, -0.15) is 13.2 Å². The molecule has 0 unspecified atom stereocenters. The van der Waals surface area contributed by atoms with Gasteiger partial charge in [0.2, 0.25) is 0 Å². The second-order valence-corrected chi connectivity index (χ2v) is 5.61. The Hall–Kier alpha value is -1.85. The van der Waals surface area contributed by atoms with E-state index in [0.29, 0.717) is 18.7 Å². The van der Waals surface area contributed by atoms with Crippen LogP contribution < -0.4 is 0 Å². The Morgan fingerprint density at radius 1 is 1.29 bits per heavy atom. The first-order chi connectivity index (χ1) is 11.3. The average Bonchev–Trinajstić information content (AvgIpc) is 2.52. The maximum Gasteiger partial charge on any atom is 0.419 e. The van der Waals surface area contributed by atoms with Crippen molar-refractivity contribution in [3.8, 4) is 0 Å². The maximum absolute atomic E-state index is 13.4. The van der Waals surface area contributed by atoms with E-state index >= 15 is 0 Å². The summed E-state index contributed by atoms with van der Waals surface area (Å²) in [5.41, 5.74) is -0.0883. The Labute approximate surface area is 140 Å². The predicted octanol–water partition coefficient (Wildman–Crippen LogP) is 5.44. The lowest BCUT2D eigenvalue weighted by Crippen LogP contribution is -2.25. The van der Waals surface area contributed by atoms with Crippen LogP contribution in [0.3, 0.4) is 0 Å². The van der Waals surface area contributed by atoms with Crippen molar-refractivity contribution in [1.82, 2.24) is 4.90 Å². The van der Waals surface area contributed by atoms with Crippen LogP contribution in [0.15, 0.2) is 35.5 Å². The van der Waals surface area contributed by atoms with Gasteiger partial charge in [-0.1, -0.05) is 32.4 Å². The molecule has 2 nitrogen and oxygen atoms in total. The first kappa shape index (κ1) is 20.2. The molecular formula is C18H24F4N2. The van der Waals surface area contributed by atoms with Crippen LogP contribution in [0.5, 0.6) is 0 Å². The Bertz CT molecular complexity index is 565. The summed E-state index contributed by atoms with van der Waals surface area (Å²) >= 11 is 0. The standard InChI is InChI=1S/C18H24F4N2/c1-4-6-7-10-24(14(3)12-23-5-2)13-15-8-9-17(19)16(11-15)18(20,21)22/h5,8-9,11H,3-4,6-7,10,12-13H2,1-2H3. The minimum absolute atomic E-state index is 0.255. The third kappa shape index (κ3) is 6.34. The Morgan fingerprint density at radius 3 is 2.58 bits per heavy atom. The highest BCUT2D eigenvalue weighted by Crippen LogP contribution is 2.32. The molecule has 0 aliphatic carbocycles. The molecule has 0 saturated heterocycles. The van der Waals surface area contributed by atoms with Crippen LogP contribution in [0, 0.1) is 5.82 Å². The molecule has 0 heterocycles. The van der Waals surface area contributed by atoms with Crippen LogP contribution in [0.25, 0.3) is 0 Å². The summed E-state index contributed by atoms with van der Waals surface area (Å²) in [5.74, 6) is -1.25. The van der Waals surface area contributed by atoms with E-state index in [4.69, 9.17) is 0 Å². The molecule has 0 bridgehead atoms. The van der Waals surface area contributed by atoms with Gasteiger partial charge in [-0.05, 0) is 37.3 Å². The number of aliphatic imine (C=N–C) groups is 1. The van der Waals surface area contributed by atoms with Gasteiger partial charge < -0.3 is 4.90 Å². The van der Waals surface area contributed by atoms with Gasteiger partial charge in [0.1, 0.15) is 5.82 Å². The normalized spacial score (nSPS) is 11.9. The van der Waals surface area contributed by atoms with Gasteiger partial charge in [-0.3, -0.25) is 4.99 Å². The van der Waals surface area contributed by atoms with Gasteiger partial charge >= 0.3 is 6.18 Å². The SMILES string of the molecule is C=C(CN=CC)N(CCCCC)Cc1ccc(F)c(C(F)(F)F)c1. The van der Waals surface area contributed by atoms with Crippen LogP contribution in [0.1, 0.15) is 44.2 Å². The van der Waals surface area contributed by atoms with Gasteiger partial charge in [-0.15, -0.1) is 0 Å². The second kappa shape index (κ2) is 9.45. The second-order valence-electron chi connectivity index (χ2n) is 5.61. The highest BCUT2D eigenvalue weighted by molar-refractivity contribution is 5.53. The zero-order chi connectivity index (χ0) is 18.2. The largest absolute Gasteiger partial charge is 0.419 e. The molecule has 24 heavy (non-hydrogen) atoms. The molecule has 1 rings (SSSR count). The van der Waals surface area contributed by atoms with Crippen LogP contribution in [-0.2, 0) is 12.7 Å². The van der Waals surface area contributed by atoms with Gasteiger partial charge in [0.25, 0.3) is 0 Å². The van der Waals surface area contributed by atoms with E-state index in [0.717, 1.165) is 37.1 Å². The van der Waals surface area contributed by atoms with Gasteiger partial charge in [0.15, 0.2) is 0 Å². The Morgan fingerprint density at radius 2 is 2.00 bits per heavy atom. The number of benzene rings is 1. The van der Waals surface area contributed by atoms with Gasteiger partial charge in [0.05, 0.1) is 12.1 Å². The monoisotopic (exact) mass is 344 g/mol. The van der Waals surface area contributed by atoms with Crippen molar-refractivity contribution in [2.24, 2.45) is 4.99 Å². The zero-order valence-corrected chi connectivity index (χ0v) is 14.2. The Balaban J connectivity index is 2.94. The lowest BCUT2D eigenvalue weighted by Gasteiger charge is -2.26. The fraction of sp³-hybridized carbons (Fsp3) is 0.500. The number of alkyl halides is 3. The molecule has 0 amide bonds. The average molecular weight is 344 g/mol. The highest BCUT2D eigenvalue weighted by Gasteiger charge is 2.34. The Kier molecular flexibility index (Phi) is 7.95. The first-order valence-corrected chi connectivity index (χ1v) is 8.02. The van der Waals surface area contributed by atoms with Crippen molar-refractivity contribution in [1.29, 1.82) is 0 Å². The summed E-state index contributed by atoms with van der Waals surface area (Å²) in [4.78, 5) is 6.04. The number of hydrogen-bond donors (Lipinski definition) is 0. The number of hydrogen-bond acceptors (Lipinski definition) is 2. The van der Waals surface area contributed by atoms with Crippen LogP contribution in [0.2, 0.25) is 0 Å². The van der Waals surface area contributed by atoms with E-state index in [9.17, 15) is 17.6 Å². The summed E-state index contributed by atoms with van der Waals surface area (Å²) in [6.45, 7) is 9.19. The molecule has 6 heteroatoms. The quantitative estimate of drug-likeness (QED) is 0.331. The van der Waals surface area contributed by atoms with Crippen LogP contribution >= 0.6 is 0 Å². The summed E-state index contributed by atoms with van der Waals surface area (Å²) < 4.78 is 52.0. The molecule has 0 aliphatic rings. The number of unbranched alkanes of at least 4 members (excludes halogenated alkanes) is 2. The summed E-state index contributed by atoms with van der Waals surface area (Å²) in [7, 11) is 0. The van der Waals surface area contributed by atoms with E-state index in [-0.39, 0.29) is 6.54 Å². The van der Waals surface area contributed by atoms with Crippen molar-refractivity contribution >= 4 is 6.21 Å². The van der Waals surface area contributed by atoms with E-state index < -0.39 is 17.6 Å². The van der Waals surface area contributed by atoms with Crippen molar-refractivity contribution < 1.29 is 17.6 Å². The lowest BCUT2D eigenvalue weighted by molar-refractivity contribution is -0.140. The van der Waals surface area contributed by atoms with Gasteiger partial charge in [0, 0.05) is 18.8 Å². The van der Waals surface area contributed by atoms with E-state index in [2.05, 4.69) is 18.5 Å². The molecule has 0 aromatic heterocycles. The number of rotatable bonds is 9. The van der Waals surface area contributed by atoms with Crippen molar-refractivity contribution in [3.05, 3.63) is 47.4 Å².